The highest BCUT2D eigenvalue weighted by Gasteiger charge is 2.19. The highest BCUT2D eigenvalue weighted by atomic mass is 16.4. The van der Waals surface area contributed by atoms with Crippen molar-refractivity contribution >= 4 is 17.8 Å². The number of primary amides is 1. The standard InChI is InChI=1S/C6H9N2O4/c1-3(9)8-4(6(7)12)2-5(10)11/h2,4H,1H3,(H2,7,12)(H,8,9)(H,10,11). The summed E-state index contributed by atoms with van der Waals surface area (Å²) >= 11 is 0. The molecule has 67 valence electrons. The zero-order chi connectivity index (χ0) is 9.72. The zero-order valence-electron chi connectivity index (χ0n) is 6.40. The molecule has 0 heterocycles. The molecule has 0 saturated heterocycles. The molecule has 0 rings (SSSR count). The summed E-state index contributed by atoms with van der Waals surface area (Å²) in [7, 11) is 0. The van der Waals surface area contributed by atoms with Crippen LogP contribution in [0.25, 0.3) is 0 Å². The van der Waals surface area contributed by atoms with Crippen LogP contribution in [-0.2, 0) is 14.4 Å². The van der Waals surface area contributed by atoms with E-state index in [1.807, 2.05) is 0 Å². The van der Waals surface area contributed by atoms with E-state index in [2.05, 4.69) is 5.32 Å². The third kappa shape index (κ3) is 4.26. The molecule has 0 fully saturated rings. The van der Waals surface area contributed by atoms with Gasteiger partial charge in [0.05, 0.1) is 0 Å². The molecule has 2 amide bonds. The summed E-state index contributed by atoms with van der Waals surface area (Å²) in [6, 6.07) is -1.25. The number of hydrogen-bond donors (Lipinski definition) is 3. The van der Waals surface area contributed by atoms with E-state index in [4.69, 9.17) is 10.8 Å². The summed E-state index contributed by atoms with van der Waals surface area (Å²) in [5.74, 6) is -2.74. The summed E-state index contributed by atoms with van der Waals surface area (Å²) in [4.78, 5) is 31.0. The van der Waals surface area contributed by atoms with Gasteiger partial charge in [-0.1, -0.05) is 0 Å². The predicted molar refractivity (Wildman–Crippen MR) is 38.7 cm³/mol. The maximum Gasteiger partial charge on any atom is 0.310 e. The Bertz CT molecular complexity index is 198. The molecule has 0 aliphatic heterocycles. The quantitative estimate of drug-likeness (QED) is 0.469. The monoisotopic (exact) mass is 173 g/mol. The summed E-state index contributed by atoms with van der Waals surface area (Å²) < 4.78 is 0. The molecule has 0 aliphatic carbocycles. The van der Waals surface area contributed by atoms with E-state index in [1.54, 1.807) is 0 Å². The lowest BCUT2D eigenvalue weighted by Gasteiger charge is -2.10. The van der Waals surface area contributed by atoms with Gasteiger partial charge in [-0.3, -0.25) is 14.4 Å². The topological polar surface area (TPSA) is 109 Å². The van der Waals surface area contributed by atoms with Crippen LogP contribution >= 0.6 is 0 Å². The van der Waals surface area contributed by atoms with Crippen molar-refractivity contribution < 1.29 is 19.5 Å². The largest absolute Gasteiger partial charge is 0.481 e. The van der Waals surface area contributed by atoms with Crippen LogP contribution in [0.4, 0.5) is 0 Å². The number of carbonyl (C=O) groups excluding carboxylic acids is 2. The number of nitrogens with two attached hydrogens (primary N) is 1. The molecular weight excluding hydrogens is 164 g/mol. The number of carboxylic acid groups (broad SMARTS) is 1. The number of carboxylic acids is 1. The SMILES string of the molecule is CC(=O)NC([CH]C(=O)O)C(N)=O. The number of hydrogen-bond acceptors (Lipinski definition) is 3. The molecule has 0 saturated carbocycles. The van der Waals surface area contributed by atoms with Crippen LogP contribution in [0.2, 0.25) is 0 Å². The molecule has 0 bridgehead atoms. The minimum Gasteiger partial charge on any atom is -0.481 e. The molecule has 1 unspecified atom stereocenters. The van der Waals surface area contributed by atoms with Crippen LogP contribution in [0.5, 0.6) is 0 Å². The van der Waals surface area contributed by atoms with Crippen molar-refractivity contribution in [3.05, 3.63) is 6.42 Å². The average molecular weight is 173 g/mol. The summed E-state index contributed by atoms with van der Waals surface area (Å²) in [5.41, 5.74) is 4.79. The Kier molecular flexibility index (Phi) is 3.75. The van der Waals surface area contributed by atoms with Crippen molar-refractivity contribution in [2.45, 2.75) is 13.0 Å². The molecule has 12 heavy (non-hydrogen) atoms. The van der Waals surface area contributed by atoms with Crippen molar-refractivity contribution in [2.75, 3.05) is 0 Å². The minimum absolute atomic E-state index is 0.517. The number of carbonyl (C=O) groups is 3. The van der Waals surface area contributed by atoms with Gasteiger partial charge in [0.1, 0.15) is 12.5 Å². The Morgan fingerprint density at radius 2 is 2.00 bits per heavy atom. The Balaban J connectivity index is 4.14. The van der Waals surface area contributed by atoms with Gasteiger partial charge in [0.2, 0.25) is 11.8 Å². The van der Waals surface area contributed by atoms with Crippen LogP contribution < -0.4 is 11.1 Å². The van der Waals surface area contributed by atoms with Gasteiger partial charge >= 0.3 is 5.97 Å². The van der Waals surface area contributed by atoms with Crippen LogP contribution in [0.3, 0.4) is 0 Å². The Morgan fingerprint density at radius 3 is 2.25 bits per heavy atom. The molecule has 4 N–H and O–H groups in total. The van der Waals surface area contributed by atoms with Gasteiger partial charge in [-0.2, -0.15) is 0 Å². The Hall–Kier alpha value is -1.59. The van der Waals surface area contributed by atoms with Gasteiger partial charge in [-0.15, -0.1) is 0 Å². The highest BCUT2D eigenvalue weighted by molar-refractivity contribution is 5.93. The summed E-state index contributed by atoms with van der Waals surface area (Å²) in [6.45, 7) is 1.16. The van der Waals surface area contributed by atoms with E-state index in [1.165, 1.54) is 0 Å². The van der Waals surface area contributed by atoms with E-state index in [0.29, 0.717) is 6.42 Å². The van der Waals surface area contributed by atoms with Crippen molar-refractivity contribution in [1.29, 1.82) is 0 Å². The second-order valence-electron chi connectivity index (χ2n) is 2.09. The fraction of sp³-hybridized carbons (Fsp3) is 0.333. The van der Waals surface area contributed by atoms with Crippen molar-refractivity contribution in [3.63, 3.8) is 0 Å². The minimum atomic E-state index is -1.31. The summed E-state index contributed by atoms with van der Waals surface area (Å²) in [6.07, 6.45) is 0.615. The molecule has 0 aromatic heterocycles. The van der Waals surface area contributed by atoms with Gasteiger partial charge < -0.3 is 16.2 Å². The first kappa shape index (κ1) is 10.4. The number of nitrogens with one attached hydrogen (secondary N) is 1. The van der Waals surface area contributed by atoms with Crippen LogP contribution in [-0.4, -0.2) is 28.9 Å². The lowest BCUT2D eigenvalue weighted by atomic mass is 10.2. The molecule has 1 atom stereocenters. The fourth-order valence-electron chi connectivity index (χ4n) is 0.556. The zero-order valence-corrected chi connectivity index (χ0v) is 6.40. The molecule has 0 aliphatic rings. The molecule has 0 spiro atoms. The second-order valence-corrected chi connectivity index (χ2v) is 2.09. The normalized spacial score (nSPS) is 11.8. The average Bonchev–Trinajstić information content (AvgIpc) is 1.83. The molecule has 6 nitrogen and oxygen atoms in total. The van der Waals surface area contributed by atoms with Gasteiger partial charge in [0, 0.05) is 6.92 Å². The van der Waals surface area contributed by atoms with E-state index in [9.17, 15) is 14.4 Å². The predicted octanol–water partition coefficient (Wildman–Crippen LogP) is -1.73. The van der Waals surface area contributed by atoms with Crippen molar-refractivity contribution in [1.82, 2.24) is 5.32 Å². The fourth-order valence-corrected chi connectivity index (χ4v) is 0.556. The highest BCUT2D eigenvalue weighted by Crippen LogP contribution is 1.88. The van der Waals surface area contributed by atoms with Gasteiger partial charge in [0.15, 0.2) is 0 Å². The van der Waals surface area contributed by atoms with Crippen LogP contribution in [0.15, 0.2) is 0 Å². The Labute approximate surface area is 68.7 Å². The second kappa shape index (κ2) is 4.32. The number of amides is 2. The summed E-state index contributed by atoms with van der Waals surface area (Å²) in [5, 5.41) is 10.3. The molecule has 6 heteroatoms. The first-order chi connectivity index (χ1) is 5.43. The third-order valence-corrected chi connectivity index (χ3v) is 0.975. The van der Waals surface area contributed by atoms with E-state index < -0.39 is 23.8 Å². The van der Waals surface area contributed by atoms with Crippen LogP contribution in [0.1, 0.15) is 6.92 Å². The van der Waals surface area contributed by atoms with Crippen LogP contribution in [0, 0.1) is 6.42 Å². The lowest BCUT2D eigenvalue weighted by Crippen LogP contribution is -2.45. The smallest absolute Gasteiger partial charge is 0.310 e. The van der Waals surface area contributed by atoms with Gasteiger partial charge in [-0.25, -0.2) is 0 Å². The van der Waals surface area contributed by atoms with E-state index >= 15 is 0 Å². The maximum absolute atomic E-state index is 10.5. The van der Waals surface area contributed by atoms with Gasteiger partial charge in [0.25, 0.3) is 0 Å². The molecule has 0 aromatic rings. The van der Waals surface area contributed by atoms with Gasteiger partial charge in [-0.05, 0) is 0 Å². The number of aliphatic carboxylic acids is 1. The molecule has 0 aromatic carbocycles. The van der Waals surface area contributed by atoms with E-state index in [0.717, 1.165) is 6.92 Å². The first-order valence-corrected chi connectivity index (χ1v) is 3.07. The Morgan fingerprint density at radius 1 is 1.50 bits per heavy atom. The molecule has 1 radical (unpaired) electrons. The van der Waals surface area contributed by atoms with E-state index in [-0.39, 0.29) is 0 Å². The lowest BCUT2D eigenvalue weighted by molar-refractivity contribution is -0.135. The van der Waals surface area contributed by atoms with Crippen molar-refractivity contribution in [3.8, 4) is 0 Å². The number of rotatable bonds is 4. The third-order valence-electron chi connectivity index (χ3n) is 0.975. The first-order valence-electron chi connectivity index (χ1n) is 3.07. The maximum atomic E-state index is 10.5. The molecular formula is C6H9N2O4. The van der Waals surface area contributed by atoms with Crippen molar-refractivity contribution in [2.24, 2.45) is 5.73 Å².